The number of hydrogen-bond acceptors (Lipinski definition) is 8. The molecule has 1 saturated heterocycles. The van der Waals surface area contributed by atoms with Gasteiger partial charge >= 0.3 is 5.97 Å². The van der Waals surface area contributed by atoms with Crippen molar-refractivity contribution in [2.45, 2.75) is 26.7 Å². The average Bonchev–Trinajstić information content (AvgIpc) is 2.79. The molecule has 1 fully saturated rings. The third-order valence-corrected chi connectivity index (χ3v) is 5.90. The number of piperazine rings is 1. The highest BCUT2D eigenvalue weighted by atomic mass is 16.5. The lowest BCUT2D eigenvalue weighted by Gasteiger charge is -2.33. The predicted octanol–water partition coefficient (Wildman–Crippen LogP) is 2.35. The molecule has 2 N–H and O–H groups in total. The lowest BCUT2D eigenvalue weighted by Crippen LogP contribution is -2.47. The van der Waals surface area contributed by atoms with Gasteiger partial charge in [0.15, 0.2) is 0 Å². The quantitative estimate of drug-likeness (QED) is 0.615. The first kappa shape index (κ1) is 23.6. The van der Waals surface area contributed by atoms with Crippen LogP contribution in [0.2, 0.25) is 0 Å². The van der Waals surface area contributed by atoms with E-state index in [1.165, 1.54) is 0 Å². The van der Waals surface area contributed by atoms with Crippen LogP contribution in [-0.2, 0) is 14.3 Å². The van der Waals surface area contributed by atoms with Gasteiger partial charge in [-0.2, -0.15) is 5.26 Å². The van der Waals surface area contributed by atoms with Gasteiger partial charge in [-0.25, -0.2) is 4.79 Å². The SMILES string of the molecule is CCOC(=O)C1=C(C)OC(N)=C(C#N)C1c1ccc(OCCN2CCN(CC)CC2)cc1. The highest BCUT2D eigenvalue weighted by molar-refractivity contribution is 5.92. The summed E-state index contributed by atoms with van der Waals surface area (Å²) in [5.41, 5.74) is 7.18. The second-order valence-electron chi connectivity index (χ2n) is 7.81. The van der Waals surface area contributed by atoms with Crippen molar-refractivity contribution in [2.75, 3.05) is 52.5 Å². The Hall–Kier alpha value is -3.02. The first-order valence-electron chi connectivity index (χ1n) is 11.1. The minimum atomic E-state index is -0.642. The smallest absolute Gasteiger partial charge is 0.338 e. The van der Waals surface area contributed by atoms with Gasteiger partial charge in [-0.3, -0.25) is 4.90 Å². The zero-order valence-electron chi connectivity index (χ0n) is 19.1. The summed E-state index contributed by atoms with van der Waals surface area (Å²) in [7, 11) is 0. The summed E-state index contributed by atoms with van der Waals surface area (Å²) in [6.07, 6.45) is 0. The Morgan fingerprint density at radius 3 is 2.44 bits per heavy atom. The summed E-state index contributed by atoms with van der Waals surface area (Å²) in [5, 5.41) is 9.66. The van der Waals surface area contributed by atoms with E-state index in [2.05, 4.69) is 22.8 Å². The topological polar surface area (TPSA) is 101 Å². The molecule has 0 aliphatic carbocycles. The van der Waals surface area contributed by atoms with Gasteiger partial charge in [0.25, 0.3) is 0 Å². The number of allylic oxidation sites excluding steroid dienone is 2. The van der Waals surface area contributed by atoms with E-state index in [1.54, 1.807) is 13.8 Å². The van der Waals surface area contributed by atoms with Crippen molar-refractivity contribution in [3.05, 3.63) is 52.6 Å². The van der Waals surface area contributed by atoms with Crippen molar-refractivity contribution in [3.8, 4) is 11.8 Å². The van der Waals surface area contributed by atoms with Crippen molar-refractivity contribution in [3.63, 3.8) is 0 Å². The first-order valence-corrected chi connectivity index (χ1v) is 11.1. The summed E-state index contributed by atoms with van der Waals surface area (Å²) in [4.78, 5) is 17.5. The van der Waals surface area contributed by atoms with Crippen LogP contribution in [0.3, 0.4) is 0 Å². The Morgan fingerprint density at radius 1 is 1.19 bits per heavy atom. The van der Waals surface area contributed by atoms with Crippen molar-refractivity contribution < 1.29 is 19.0 Å². The van der Waals surface area contributed by atoms with Crippen molar-refractivity contribution in [1.29, 1.82) is 5.26 Å². The fourth-order valence-electron chi connectivity index (χ4n) is 4.07. The van der Waals surface area contributed by atoms with E-state index in [4.69, 9.17) is 19.9 Å². The van der Waals surface area contributed by atoms with Crippen LogP contribution in [0.25, 0.3) is 0 Å². The summed E-state index contributed by atoms with van der Waals surface area (Å²) < 4.78 is 16.6. The molecule has 2 aliphatic heterocycles. The molecule has 2 aliphatic rings. The number of nitrogens with two attached hydrogens (primary N) is 1. The summed E-state index contributed by atoms with van der Waals surface area (Å²) in [6, 6.07) is 9.49. The number of ether oxygens (including phenoxy) is 3. The van der Waals surface area contributed by atoms with Gasteiger partial charge in [0.1, 0.15) is 29.8 Å². The number of nitriles is 1. The number of rotatable bonds is 8. The van der Waals surface area contributed by atoms with E-state index >= 15 is 0 Å². The second-order valence-corrected chi connectivity index (χ2v) is 7.81. The van der Waals surface area contributed by atoms with Gasteiger partial charge in [0, 0.05) is 32.7 Å². The molecular formula is C24H32N4O4. The van der Waals surface area contributed by atoms with Crippen LogP contribution in [0.1, 0.15) is 32.3 Å². The Morgan fingerprint density at radius 2 is 1.84 bits per heavy atom. The van der Waals surface area contributed by atoms with E-state index in [9.17, 15) is 10.1 Å². The molecule has 0 saturated carbocycles. The number of nitrogens with zero attached hydrogens (tertiary/aromatic N) is 3. The molecule has 32 heavy (non-hydrogen) atoms. The Labute approximate surface area is 189 Å². The van der Waals surface area contributed by atoms with Crippen LogP contribution in [0.4, 0.5) is 0 Å². The van der Waals surface area contributed by atoms with Gasteiger partial charge in [0.2, 0.25) is 5.88 Å². The number of hydrogen-bond donors (Lipinski definition) is 1. The average molecular weight is 441 g/mol. The van der Waals surface area contributed by atoms with Crippen LogP contribution < -0.4 is 10.5 Å². The fraction of sp³-hybridized carbons (Fsp3) is 0.500. The van der Waals surface area contributed by atoms with E-state index in [1.807, 2.05) is 24.3 Å². The highest BCUT2D eigenvalue weighted by Gasteiger charge is 2.36. The largest absolute Gasteiger partial charge is 0.492 e. The standard InChI is InChI=1S/C24H32N4O4/c1-4-27-10-12-28(13-11-27)14-15-31-19-8-6-18(7-9-19)22-20(16-25)23(26)32-17(3)21(22)24(29)30-5-2/h6-9,22H,4-5,10-15,26H2,1-3H3. The molecule has 172 valence electrons. The van der Waals surface area contributed by atoms with Crippen molar-refractivity contribution in [2.24, 2.45) is 5.73 Å². The highest BCUT2D eigenvalue weighted by Crippen LogP contribution is 2.39. The zero-order chi connectivity index (χ0) is 23.1. The van der Waals surface area contributed by atoms with E-state index < -0.39 is 11.9 Å². The van der Waals surface area contributed by atoms with Crippen LogP contribution in [0, 0.1) is 11.3 Å². The predicted molar refractivity (Wildman–Crippen MR) is 120 cm³/mol. The fourth-order valence-corrected chi connectivity index (χ4v) is 4.07. The monoisotopic (exact) mass is 440 g/mol. The minimum Gasteiger partial charge on any atom is -0.492 e. The third-order valence-electron chi connectivity index (χ3n) is 5.90. The van der Waals surface area contributed by atoms with Gasteiger partial charge in [-0.1, -0.05) is 19.1 Å². The summed E-state index contributed by atoms with van der Waals surface area (Å²) >= 11 is 0. The molecule has 1 atom stereocenters. The van der Waals surface area contributed by atoms with E-state index in [0.29, 0.717) is 12.4 Å². The second kappa shape index (κ2) is 11.0. The molecule has 1 aromatic rings. The minimum absolute atomic E-state index is 0.00606. The molecule has 2 heterocycles. The number of benzene rings is 1. The Balaban J connectivity index is 1.68. The Kier molecular flexibility index (Phi) is 8.14. The Bertz CT molecular complexity index is 909. The van der Waals surface area contributed by atoms with Crippen LogP contribution >= 0.6 is 0 Å². The molecule has 1 unspecified atom stereocenters. The molecule has 8 heteroatoms. The molecule has 0 amide bonds. The van der Waals surface area contributed by atoms with Crippen LogP contribution in [0.15, 0.2) is 47.1 Å². The molecule has 1 aromatic carbocycles. The maximum absolute atomic E-state index is 12.6. The number of carbonyl (C=O) groups excluding carboxylic acids is 1. The number of carbonyl (C=O) groups is 1. The van der Waals surface area contributed by atoms with Gasteiger partial charge in [-0.05, 0) is 38.1 Å². The first-order chi connectivity index (χ1) is 15.5. The molecule has 0 radical (unpaired) electrons. The molecule has 0 spiro atoms. The molecule has 3 rings (SSSR count). The van der Waals surface area contributed by atoms with Crippen LogP contribution in [-0.4, -0.2) is 68.3 Å². The maximum atomic E-state index is 12.6. The number of esters is 1. The van der Waals surface area contributed by atoms with Gasteiger partial charge in [0.05, 0.1) is 18.1 Å². The molecular weight excluding hydrogens is 408 g/mol. The summed E-state index contributed by atoms with van der Waals surface area (Å²) in [5.74, 6) is -0.0719. The zero-order valence-corrected chi connectivity index (χ0v) is 19.1. The molecule has 0 bridgehead atoms. The van der Waals surface area contributed by atoms with E-state index in [-0.39, 0.29) is 23.6 Å². The maximum Gasteiger partial charge on any atom is 0.338 e. The normalized spacial score (nSPS) is 20.0. The molecule has 0 aromatic heterocycles. The van der Waals surface area contributed by atoms with E-state index in [0.717, 1.165) is 50.6 Å². The molecule has 8 nitrogen and oxygen atoms in total. The summed E-state index contributed by atoms with van der Waals surface area (Å²) in [6.45, 7) is 12.7. The lowest BCUT2D eigenvalue weighted by atomic mass is 9.83. The van der Waals surface area contributed by atoms with Crippen molar-refractivity contribution in [1.82, 2.24) is 9.80 Å². The lowest BCUT2D eigenvalue weighted by molar-refractivity contribution is -0.139. The van der Waals surface area contributed by atoms with Crippen molar-refractivity contribution >= 4 is 5.97 Å². The third kappa shape index (κ3) is 5.42. The van der Waals surface area contributed by atoms with Crippen LogP contribution in [0.5, 0.6) is 5.75 Å². The number of likely N-dealkylation sites (N-methyl/N-ethyl adjacent to an activating group) is 1. The van der Waals surface area contributed by atoms with Gasteiger partial charge in [-0.15, -0.1) is 0 Å². The van der Waals surface area contributed by atoms with Gasteiger partial charge < -0.3 is 24.8 Å².